The third-order valence-electron chi connectivity index (χ3n) is 2.19. The number of hydrogen-bond acceptors (Lipinski definition) is 8. The summed E-state index contributed by atoms with van der Waals surface area (Å²) in [4.78, 5) is 39.7. The molecule has 0 unspecified atom stereocenters. The van der Waals surface area contributed by atoms with Gasteiger partial charge in [-0.25, -0.2) is 0 Å². The van der Waals surface area contributed by atoms with Gasteiger partial charge in [0.1, 0.15) is 12.1 Å². The Labute approximate surface area is 153 Å². The quantitative estimate of drug-likeness (QED) is 0.433. The maximum Gasteiger partial charge on any atom is 2.00 e. The number of carbonyl (C=O) groups is 2. The Morgan fingerprint density at radius 3 is 1.10 bits per heavy atom. The first-order valence-electron chi connectivity index (χ1n) is 6.22. The molecule has 21 heavy (non-hydrogen) atoms. The Morgan fingerprint density at radius 2 is 1.05 bits per heavy atom. The average molecular weight is 328 g/mol. The molecule has 0 amide bonds. The Morgan fingerprint density at radius 1 is 0.810 bits per heavy atom. The summed E-state index contributed by atoms with van der Waals surface area (Å²) in [5.74, 6) is -2.46. The Kier molecular flexibility index (Phi) is 17.3. The zero-order valence-corrected chi connectivity index (χ0v) is 15.0. The molecule has 2 atom stereocenters. The topological polar surface area (TPSA) is 139 Å². The van der Waals surface area contributed by atoms with Crippen molar-refractivity contribution in [1.82, 2.24) is 0 Å². The van der Waals surface area contributed by atoms with Gasteiger partial charge < -0.3 is 19.8 Å². The SMILES string of the molecule is CC(C)C[C@H](N=O)C(=O)[O-].CC(C)C[C@H](N=O)C(=O)[O-].[Ca+2]. The van der Waals surface area contributed by atoms with Crippen LogP contribution in [0.1, 0.15) is 40.5 Å². The second kappa shape index (κ2) is 14.3. The number of aliphatic carboxylic acids is 2. The van der Waals surface area contributed by atoms with Crippen molar-refractivity contribution in [2.24, 2.45) is 22.2 Å². The molecule has 0 spiro atoms. The molecule has 0 saturated carbocycles. The molecule has 0 bridgehead atoms. The molecule has 0 heterocycles. The molecule has 0 aromatic carbocycles. The van der Waals surface area contributed by atoms with Crippen molar-refractivity contribution in [3.63, 3.8) is 0 Å². The summed E-state index contributed by atoms with van der Waals surface area (Å²) in [6.45, 7) is 7.28. The third-order valence-corrected chi connectivity index (χ3v) is 2.19. The Hall–Kier alpha value is -0.600. The minimum absolute atomic E-state index is 0. The first-order chi connectivity index (χ1) is 9.15. The van der Waals surface area contributed by atoms with Crippen molar-refractivity contribution in [2.45, 2.75) is 52.6 Å². The zero-order chi connectivity index (χ0) is 16.3. The second-order valence-corrected chi connectivity index (χ2v) is 5.14. The van der Waals surface area contributed by atoms with Gasteiger partial charge in [0.05, 0.1) is 11.9 Å². The van der Waals surface area contributed by atoms with Gasteiger partial charge >= 0.3 is 37.7 Å². The molecule has 116 valence electrons. The molecule has 8 nitrogen and oxygen atoms in total. The van der Waals surface area contributed by atoms with E-state index in [2.05, 4.69) is 10.4 Å². The summed E-state index contributed by atoms with van der Waals surface area (Å²) in [6, 6.07) is -2.36. The van der Waals surface area contributed by atoms with Gasteiger partial charge in [0.2, 0.25) is 0 Å². The number of hydrogen-bond donors (Lipinski definition) is 0. The van der Waals surface area contributed by atoms with E-state index in [0.717, 1.165) is 0 Å². The largest absolute Gasteiger partial charge is 2.00 e. The van der Waals surface area contributed by atoms with E-state index in [1.165, 1.54) is 0 Å². The molecule has 0 aromatic rings. The van der Waals surface area contributed by atoms with E-state index in [4.69, 9.17) is 0 Å². The third kappa shape index (κ3) is 15.6. The van der Waals surface area contributed by atoms with Crippen LogP contribution in [0.5, 0.6) is 0 Å². The van der Waals surface area contributed by atoms with E-state index in [9.17, 15) is 29.6 Å². The van der Waals surface area contributed by atoms with Crippen LogP contribution >= 0.6 is 0 Å². The van der Waals surface area contributed by atoms with E-state index >= 15 is 0 Å². The van der Waals surface area contributed by atoms with Crippen molar-refractivity contribution in [2.75, 3.05) is 0 Å². The molecule has 0 aliphatic rings. The first kappa shape index (κ1) is 25.4. The minimum atomic E-state index is -1.39. The summed E-state index contributed by atoms with van der Waals surface area (Å²) in [5, 5.41) is 25.0. The minimum Gasteiger partial charge on any atom is -0.548 e. The van der Waals surface area contributed by atoms with Crippen LogP contribution < -0.4 is 10.2 Å². The van der Waals surface area contributed by atoms with Crippen LogP contribution in [0.4, 0.5) is 0 Å². The van der Waals surface area contributed by atoms with Crippen LogP contribution in [-0.2, 0) is 9.59 Å². The van der Waals surface area contributed by atoms with E-state index in [1.807, 2.05) is 27.7 Å². The summed E-state index contributed by atoms with van der Waals surface area (Å²) in [7, 11) is 0. The number of rotatable bonds is 8. The molecule has 0 fully saturated rings. The number of carboxylic acids is 2. The Bertz CT molecular complexity index is 304. The summed E-state index contributed by atoms with van der Waals surface area (Å²) < 4.78 is 0. The van der Waals surface area contributed by atoms with Crippen molar-refractivity contribution in [1.29, 1.82) is 0 Å². The van der Waals surface area contributed by atoms with E-state index < -0.39 is 24.0 Å². The molecular formula is C12H20CaN2O6. The Balaban J connectivity index is -0.000000295. The van der Waals surface area contributed by atoms with Gasteiger partial charge in [0, 0.05) is 0 Å². The monoisotopic (exact) mass is 328 g/mol. The molecule has 0 N–H and O–H groups in total. The normalized spacial score (nSPS) is 12.5. The fourth-order valence-electron chi connectivity index (χ4n) is 1.26. The van der Waals surface area contributed by atoms with Gasteiger partial charge in [-0.05, 0) is 24.7 Å². The van der Waals surface area contributed by atoms with E-state index in [1.54, 1.807) is 0 Å². The standard InChI is InChI=1S/2C6H11NO3.Ca/c2*1-4(2)3-5(7-10)6(8)9;/h2*4-5H,3H2,1-2H3,(H,8,9);/q;;+2/p-2/t2*5-;/m00./s1. The molecule has 0 aliphatic carbocycles. The van der Waals surface area contributed by atoms with Crippen molar-refractivity contribution < 1.29 is 19.8 Å². The van der Waals surface area contributed by atoms with Crippen molar-refractivity contribution in [3.05, 3.63) is 9.81 Å². The molecule has 0 aliphatic heterocycles. The molecule has 9 heteroatoms. The second-order valence-electron chi connectivity index (χ2n) is 5.14. The average Bonchev–Trinajstić information content (AvgIpc) is 2.32. The predicted molar refractivity (Wildman–Crippen MR) is 73.8 cm³/mol. The maximum absolute atomic E-state index is 10.1. The fraction of sp³-hybridized carbons (Fsp3) is 0.833. The summed E-state index contributed by atoms with van der Waals surface area (Å²) in [5.41, 5.74) is 0. The molecule has 0 rings (SSSR count). The van der Waals surface area contributed by atoms with Crippen LogP contribution in [0.3, 0.4) is 0 Å². The van der Waals surface area contributed by atoms with Gasteiger partial charge in [0.15, 0.2) is 0 Å². The van der Waals surface area contributed by atoms with Gasteiger partial charge in [0.25, 0.3) is 0 Å². The van der Waals surface area contributed by atoms with Gasteiger partial charge in [-0.1, -0.05) is 38.0 Å². The molecule has 0 saturated heterocycles. The van der Waals surface area contributed by atoms with Crippen LogP contribution in [0, 0.1) is 21.6 Å². The van der Waals surface area contributed by atoms with Crippen LogP contribution in [-0.4, -0.2) is 61.8 Å². The summed E-state index contributed by atoms with van der Waals surface area (Å²) in [6.07, 6.45) is 0.512. The van der Waals surface area contributed by atoms with E-state index in [-0.39, 0.29) is 62.4 Å². The maximum atomic E-state index is 10.1. The number of carbonyl (C=O) groups excluding carboxylic acids is 2. The fourth-order valence-corrected chi connectivity index (χ4v) is 1.26. The van der Waals surface area contributed by atoms with Gasteiger partial charge in [-0.3, -0.25) is 0 Å². The first-order valence-corrected chi connectivity index (χ1v) is 6.22. The van der Waals surface area contributed by atoms with Gasteiger partial charge in [-0.2, -0.15) is 9.81 Å². The van der Waals surface area contributed by atoms with Crippen LogP contribution in [0.15, 0.2) is 10.4 Å². The zero-order valence-electron chi connectivity index (χ0n) is 12.8. The predicted octanol–water partition coefficient (Wildman–Crippen LogP) is -0.546. The molecular weight excluding hydrogens is 308 g/mol. The molecule has 0 radical (unpaired) electrons. The smallest absolute Gasteiger partial charge is 0.548 e. The number of nitrogens with zero attached hydrogens (tertiary/aromatic N) is 2. The van der Waals surface area contributed by atoms with Crippen LogP contribution in [0.25, 0.3) is 0 Å². The van der Waals surface area contributed by atoms with Crippen molar-refractivity contribution >= 4 is 49.7 Å². The van der Waals surface area contributed by atoms with Crippen molar-refractivity contribution in [3.8, 4) is 0 Å². The molecule has 0 aromatic heterocycles. The number of carboxylic acid groups (broad SMARTS) is 2. The summed E-state index contributed by atoms with van der Waals surface area (Å²) >= 11 is 0. The number of nitroso groups, excluding NO2 is 2. The van der Waals surface area contributed by atoms with E-state index in [0.29, 0.717) is 0 Å². The van der Waals surface area contributed by atoms with Gasteiger partial charge in [-0.15, -0.1) is 0 Å². The van der Waals surface area contributed by atoms with Crippen LogP contribution in [0.2, 0.25) is 0 Å².